The predicted octanol–water partition coefficient (Wildman–Crippen LogP) is 2.13. The minimum Gasteiger partial charge on any atom is -0.373 e. The van der Waals surface area contributed by atoms with Gasteiger partial charge >= 0.3 is 0 Å². The molecule has 0 saturated heterocycles. The highest BCUT2D eigenvalue weighted by molar-refractivity contribution is 7.98. The molecule has 2 rings (SSSR count). The van der Waals surface area contributed by atoms with Gasteiger partial charge in [-0.25, -0.2) is 9.97 Å². The number of hydrogen-bond acceptors (Lipinski definition) is 6. The van der Waals surface area contributed by atoms with E-state index in [1.54, 1.807) is 11.8 Å². The van der Waals surface area contributed by atoms with Gasteiger partial charge in [0.15, 0.2) is 5.16 Å². The molecule has 1 unspecified atom stereocenters. The Morgan fingerprint density at radius 3 is 2.68 bits per heavy atom. The van der Waals surface area contributed by atoms with E-state index in [4.69, 9.17) is 0 Å². The van der Waals surface area contributed by atoms with Crippen molar-refractivity contribution in [3.8, 4) is 0 Å². The van der Waals surface area contributed by atoms with Crippen molar-refractivity contribution in [2.45, 2.75) is 37.0 Å². The van der Waals surface area contributed by atoms with Gasteiger partial charge in [0.2, 0.25) is 0 Å². The lowest BCUT2D eigenvalue weighted by molar-refractivity contribution is 0.257. The molecule has 0 amide bonds. The van der Waals surface area contributed by atoms with Crippen LogP contribution in [-0.2, 0) is 0 Å². The number of hydrogen-bond donors (Lipinski definition) is 2. The Kier molecular flexibility index (Phi) is 4.87. The van der Waals surface area contributed by atoms with Crippen LogP contribution in [0.25, 0.3) is 0 Å². The molecule has 1 heterocycles. The molecular formula is C13H23N5S. The van der Waals surface area contributed by atoms with Crippen LogP contribution in [0.4, 0.5) is 11.6 Å². The largest absolute Gasteiger partial charge is 0.373 e. The highest BCUT2D eigenvalue weighted by atomic mass is 32.2. The fraction of sp³-hybridized carbons (Fsp3) is 0.692. The van der Waals surface area contributed by atoms with Crippen molar-refractivity contribution in [2.75, 3.05) is 37.5 Å². The molecule has 1 aromatic heterocycles. The smallest absolute Gasteiger partial charge is 0.191 e. The Morgan fingerprint density at radius 2 is 2.11 bits per heavy atom. The van der Waals surface area contributed by atoms with E-state index in [1.165, 1.54) is 12.8 Å². The van der Waals surface area contributed by atoms with Crippen LogP contribution in [-0.4, -0.2) is 53.8 Å². The standard InChI is InChI=1S/C13H23N5S/c1-9(18(3)10-5-6-10)8-15-12-7-11(14-2)16-13(17-12)19-4/h7,9-10H,5-6,8H2,1-4H3,(H2,14,15,16,17). The van der Waals surface area contributed by atoms with Crippen molar-refractivity contribution in [2.24, 2.45) is 0 Å². The van der Waals surface area contributed by atoms with Gasteiger partial charge in [0, 0.05) is 31.7 Å². The minimum atomic E-state index is 0.512. The van der Waals surface area contributed by atoms with E-state index < -0.39 is 0 Å². The second-order valence-electron chi connectivity index (χ2n) is 5.00. The van der Waals surface area contributed by atoms with E-state index in [9.17, 15) is 0 Å². The molecule has 0 spiro atoms. The van der Waals surface area contributed by atoms with E-state index in [1.807, 2.05) is 19.4 Å². The first-order valence-electron chi connectivity index (χ1n) is 6.70. The van der Waals surface area contributed by atoms with Crippen LogP contribution in [0.3, 0.4) is 0 Å². The molecule has 1 fully saturated rings. The number of rotatable bonds is 7. The molecule has 6 heteroatoms. The molecule has 0 radical (unpaired) electrons. The van der Waals surface area contributed by atoms with Crippen LogP contribution in [0.2, 0.25) is 0 Å². The fourth-order valence-corrected chi connectivity index (χ4v) is 2.35. The summed E-state index contributed by atoms with van der Waals surface area (Å²) in [6.45, 7) is 3.15. The summed E-state index contributed by atoms with van der Waals surface area (Å²) in [5.74, 6) is 1.74. The van der Waals surface area contributed by atoms with Crippen LogP contribution in [0.1, 0.15) is 19.8 Å². The number of aromatic nitrogens is 2. The Morgan fingerprint density at radius 1 is 1.42 bits per heavy atom. The second kappa shape index (κ2) is 6.43. The Hall–Kier alpha value is -1.01. The fourth-order valence-electron chi connectivity index (χ4n) is 1.97. The lowest BCUT2D eigenvalue weighted by Crippen LogP contribution is -2.36. The number of thioether (sulfide) groups is 1. The van der Waals surface area contributed by atoms with Gasteiger partial charge in [-0.3, -0.25) is 4.90 Å². The first kappa shape index (κ1) is 14.4. The maximum Gasteiger partial charge on any atom is 0.191 e. The van der Waals surface area contributed by atoms with Crippen LogP contribution < -0.4 is 10.6 Å². The molecule has 1 aliphatic rings. The molecule has 1 saturated carbocycles. The zero-order chi connectivity index (χ0) is 13.8. The monoisotopic (exact) mass is 281 g/mol. The average molecular weight is 281 g/mol. The summed E-state index contributed by atoms with van der Waals surface area (Å²) in [5.41, 5.74) is 0. The molecule has 1 aliphatic carbocycles. The van der Waals surface area contributed by atoms with Crippen LogP contribution >= 0.6 is 11.8 Å². The predicted molar refractivity (Wildman–Crippen MR) is 82.1 cm³/mol. The van der Waals surface area contributed by atoms with Gasteiger partial charge in [0.1, 0.15) is 11.6 Å². The molecule has 5 nitrogen and oxygen atoms in total. The van der Waals surface area contributed by atoms with E-state index in [0.29, 0.717) is 6.04 Å². The summed E-state index contributed by atoms with van der Waals surface area (Å²) in [6, 6.07) is 3.25. The van der Waals surface area contributed by atoms with E-state index >= 15 is 0 Å². The van der Waals surface area contributed by atoms with Gasteiger partial charge in [-0.15, -0.1) is 0 Å². The molecule has 0 aliphatic heterocycles. The molecule has 19 heavy (non-hydrogen) atoms. The first-order chi connectivity index (χ1) is 9.13. The Balaban J connectivity index is 1.94. The summed E-state index contributed by atoms with van der Waals surface area (Å²) in [5, 5.41) is 7.27. The number of nitrogens with one attached hydrogen (secondary N) is 2. The van der Waals surface area contributed by atoms with Gasteiger partial charge < -0.3 is 10.6 Å². The van der Waals surface area contributed by atoms with Crippen molar-refractivity contribution in [1.82, 2.24) is 14.9 Å². The van der Waals surface area contributed by atoms with E-state index in [0.717, 1.165) is 29.4 Å². The third-order valence-corrected chi connectivity index (χ3v) is 4.09. The molecule has 1 aromatic rings. The number of likely N-dealkylation sites (N-methyl/N-ethyl adjacent to an activating group) is 1. The van der Waals surface area contributed by atoms with Crippen LogP contribution in [0.5, 0.6) is 0 Å². The third-order valence-electron chi connectivity index (χ3n) is 3.54. The Bertz CT molecular complexity index is 399. The maximum absolute atomic E-state index is 4.47. The zero-order valence-corrected chi connectivity index (χ0v) is 12.9. The van der Waals surface area contributed by atoms with Gasteiger partial charge in [-0.2, -0.15) is 0 Å². The summed E-state index contributed by atoms with van der Waals surface area (Å²) in [4.78, 5) is 11.3. The van der Waals surface area contributed by atoms with Crippen LogP contribution in [0, 0.1) is 0 Å². The van der Waals surface area contributed by atoms with Crippen molar-refractivity contribution < 1.29 is 0 Å². The van der Waals surface area contributed by atoms with Crippen molar-refractivity contribution >= 4 is 23.4 Å². The van der Waals surface area contributed by atoms with Gasteiger partial charge in [-0.1, -0.05) is 11.8 Å². The highest BCUT2D eigenvalue weighted by Crippen LogP contribution is 2.27. The summed E-state index contributed by atoms with van der Waals surface area (Å²) in [7, 11) is 4.08. The number of nitrogens with zero attached hydrogens (tertiary/aromatic N) is 3. The van der Waals surface area contributed by atoms with E-state index in [-0.39, 0.29) is 0 Å². The first-order valence-corrected chi connectivity index (χ1v) is 7.93. The minimum absolute atomic E-state index is 0.512. The summed E-state index contributed by atoms with van der Waals surface area (Å²) < 4.78 is 0. The molecule has 0 bridgehead atoms. The molecule has 106 valence electrons. The van der Waals surface area contributed by atoms with Gasteiger partial charge in [0.05, 0.1) is 0 Å². The molecule has 2 N–H and O–H groups in total. The lowest BCUT2D eigenvalue weighted by Gasteiger charge is -2.24. The van der Waals surface area contributed by atoms with Crippen molar-refractivity contribution in [1.29, 1.82) is 0 Å². The normalized spacial score (nSPS) is 16.5. The average Bonchev–Trinajstić information content (AvgIpc) is 3.27. The highest BCUT2D eigenvalue weighted by Gasteiger charge is 2.28. The van der Waals surface area contributed by atoms with Crippen LogP contribution in [0.15, 0.2) is 11.2 Å². The molecular weight excluding hydrogens is 258 g/mol. The van der Waals surface area contributed by atoms with Crippen molar-refractivity contribution in [3.63, 3.8) is 0 Å². The summed E-state index contributed by atoms with van der Waals surface area (Å²) in [6.07, 6.45) is 4.67. The summed E-state index contributed by atoms with van der Waals surface area (Å²) >= 11 is 1.56. The molecule has 1 atom stereocenters. The maximum atomic E-state index is 4.47. The topological polar surface area (TPSA) is 53.1 Å². The van der Waals surface area contributed by atoms with Gasteiger partial charge in [-0.05, 0) is 33.1 Å². The Labute approximate surface area is 119 Å². The second-order valence-corrected chi connectivity index (χ2v) is 5.78. The quantitative estimate of drug-likeness (QED) is 0.590. The third kappa shape index (κ3) is 3.98. The lowest BCUT2D eigenvalue weighted by atomic mass is 10.3. The zero-order valence-electron chi connectivity index (χ0n) is 12.1. The van der Waals surface area contributed by atoms with E-state index in [2.05, 4.69) is 39.5 Å². The SMILES string of the molecule is CNc1cc(NCC(C)N(C)C2CC2)nc(SC)n1. The van der Waals surface area contributed by atoms with Gasteiger partial charge in [0.25, 0.3) is 0 Å². The number of anilines is 2. The van der Waals surface area contributed by atoms with Crippen molar-refractivity contribution in [3.05, 3.63) is 6.07 Å². The molecule has 0 aromatic carbocycles.